The fourth-order valence-electron chi connectivity index (χ4n) is 6.45. The lowest BCUT2D eigenvalue weighted by atomic mass is 10.0. The van der Waals surface area contributed by atoms with Crippen molar-refractivity contribution in [3.63, 3.8) is 0 Å². The Hall–Kier alpha value is -6.78. The van der Waals surface area contributed by atoms with Gasteiger partial charge >= 0.3 is 0 Å². The number of para-hydroxylation sites is 4. The largest absolute Gasteiger partial charge is 0.455 e. The number of rotatable bonds is 5. The summed E-state index contributed by atoms with van der Waals surface area (Å²) in [5.41, 5.74) is 3.44. The summed E-state index contributed by atoms with van der Waals surface area (Å²) in [5.74, 6) is 0.172. The topological polar surface area (TPSA) is 43.9 Å². The lowest BCUT2D eigenvalue weighted by molar-refractivity contribution is 0.669. The van der Waals surface area contributed by atoms with Crippen LogP contribution in [0.25, 0.3) is 94.5 Å². The van der Waals surface area contributed by atoms with Crippen LogP contribution in [0.4, 0.5) is 0 Å². The normalized spacial score (nSPS) is 15.0. The number of hydrogen-bond acceptors (Lipinski definition) is 3. The van der Waals surface area contributed by atoms with Crippen LogP contribution >= 0.6 is 0 Å². The van der Waals surface area contributed by atoms with Crippen LogP contribution in [0, 0.1) is 0 Å². The Morgan fingerprint density at radius 1 is 0.500 bits per heavy atom. The molecule has 0 fully saturated rings. The van der Waals surface area contributed by atoms with Crippen LogP contribution in [0.1, 0.15) is 16.4 Å². The smallest absolute Gasteiger partial charge is 0.164 e. The molecule has 0 saturated heterocycles. The highest BCUT2D eigenvalue weighted by Gasteiger charge is 2.18. The van der Waals surface area contributed by atoms with Crippen molar-refractivity contribution in [2.45, 2.75) is 0 Å². The summed E-state index contributed by atoms with van der Waals surface area (Å²) in [6, 6.07) is 24.7. The first-order valence-electron chi connectivity index (χ1n) is 21.9. The van der Waals surface area contributed by atoms with Gasteiger partial charge in [0.05, 0.1) is 44.4 Å². The fraction of sp³-hybridized carbons (Fsp3) is 0. The molecule has 0 bridgehead atoms. The van der Waals surface area contributed by atoms with Gasteiger partial charge in [0.25, 0.3) is 0 Å². The van der Waals surface area contributed by atoms with Crippen molar-refractivity contribution < 1.29 is 20.9 Å². The highest BCUT2D eigenvalue weighted by Crippen LogP contribution is 2.38. The highest BCUT2D eigenvalue weighted by molar-refractivity contribution is 6.11. The molecule has 7 aromatic carbocycles. The molecule has 10 rings (SSSR count). The van der Waals surface area contributed by atoms with Gasteiger partial charge < -0.3 is 8.98 Å². The van der Waals surface area contributed by atoms with Gasteiger partial charge in [0.1, 0.15) is 11.2 Å². The van der Waals surface area contributed by atoms with E-state index in [0.29, 0.717) is 28.0 Å². The van der Waals surface area contributed by atoms with Crippen molar-refractivity contribution in [1.29, 1.82) is 0 Å². The van der Waals surface area contributed by atoms with Gasteiger partial charge in [-0.1, -0.05) is 133 Å². The second-order valence-corrected chi connectivity index (χ2v) is 11.7. The van der Waals surface area contributed by atoms with Crippen LogP contribution in [-0.2, 0) is 0 Å². The van der Waals surface area contributed by atoms with Crippen LogP contribution in [-0.4, -0.2) is 14.5 Å². The third-order valence-electron chi connectivity index (χ3n) is 8.78. The second kappa shape index (κ2) is 11.4. The number of aromatic nitrogens is 3. The van der Waals surface area contributed by atoms with Crippen LogP contribution < -0.4 is 0 Å². The van der Waals surface area contributed by atoms with E-state index in [9.17, 15) is 4.11 Å². The van der Waals surface area contributed by atoms with E-state index in [-0.39, 0.29) is 38.9 Å². The van der Waals surface area contributed by atoms with Gasteiger partial charge in [0.2, 0.25) is 0 Å². The molecule has 0 aliphatic rings. The molecule has 4 heteroatoms. The molecular formula is C46H29N3O. The molecule has 3 heterocycles. The van der Waals surface area contributed by atoms with E-state index in [4.69, 9.17) is 26.7 Å². The summed E-state index contributed by atoms with van der Waals surface area (Å²) in [7, 11) is 0. The van der Waals surface area contributed by atoms with Crippen molar-refractivity contribution in [1.82, 2.24) is 14.5 Å². The van der Waals surface area contributed by atoms with Crippen LogP contribution in [0.5, 0.6) is 0 Å². The molecule has 234 valence electrons. The minimum absolute atomic E-state index is 0.0353. The predicted molar refractivity (Wildman–Crippen MR) is 205 cm³/mol. The van der Waals surface area contributed by atoms with Crippen LogP contribution in [0.15, 0.2) is 180 Å². The number of fused-ring (bicyclic) bond motifs is 6. The van der Waals surface area contributed by atoms with E-state index in [1.54, 1.807) is 12.1 Å². The van der Waals surface area contributed by atoms with Crippen molar-refractivity contribution in [2.24, 2.45) is 0 Å². The molecule has 0 spiro atoms. The van der Waals surface area contributed by atoms with E-state index >= 15 is 0 Å². The average molecular weight is 652 g/mol. The Bertz CT molecular complexity index is 3520. The Morgan fingerprint density at radius 3 is 2.04 bits per heavy atom. The number of nitrogens with zero attached hydrogens (tertiary/aromatic N) is 3. The molecule has 10 aromatic rings. The monoisotopic (exact) mass is 651 g/mol. The molecule has 3 aromatic heterocycles. The molecule has 0 radical (unpaired) electrons. The van der Waals surface area contributed by atoms with Crippen molar-refractivity contribution in [2.75, 3.05) is 0 Å². The fourth-order valence-corrected chi connectivity index (χ4v) is 6.45. The van der Waals surface area contributed by atoms with Gasteiger partial charge in [-0.05, 0) is 53.5 Å². The molecular weight excluding hydrogens is 611 g/mol. The first-order valence-corrected chi connectivity index (χ1v) is 15.9. The minimum atomic E-state index is -0.713. The average Bonchev–Trinajstić information content (AvgIpc) is 3.86. The zero-order valence-electron chi connectivity index (χ0n) is 38.1. The lowest BCUT2D eigenvalue weighted by Crippen LogP contribution is -1.97. The van der Waals surface area contributed by atoms with E-state index in [0.717, 1.165) is 26.5 Å². The zero-order valence-corrected chi connectivity index (χ0v) is 26.1. The third-order valence-corrected chi connectivity index (χ3v) is 8.78. The summed E-state index contributed by atoms with van der Waals surface area (Å²) in [6.07, 6.45) is 0. The van der Waals surface area contributed by atoms with E-state index in [2.05, 4.69) is 0 Å². The molecule has 4 nitrogen and oxygen atoms in total. The Labute approximate surface area is 305 Å². The highest BCUT2D eigenvalue weighted by atomic mass is 16.3. The Kier molecular flexibility index (Phi) is 4.27. The quantitative estimate of drug-likeness (QED) is 0.186. The molecule has 0 saturated carbocycles. The second-order valence-electron chi connectivity index (χ2n) is 11.7. The summed E-state index contributed by atoms with van der Waals surface area (Å²) < 4.78 is 114. The summed E-state index contributed by atoms with van der Waals surface area (Å²) in [5, 5.41) is 1.21. The molecule has 50 heavy (non-hydrogen) atoms. The van der Waals surface area contributed by atoms with Gasteiger partial charge in [-0.2, -0.15) is 0 Å². The SMILES string of the molecule is [2H]c1c([2H])c([2H])c(-n2c3c([2H])c([2H])c([2H])c([2H])c3c3c([2H])c([2H])c(-c4cc(-c5ccc(-c6ccccc6)cc5)nc(-c5cccc6c5oc5ccccc56)n4)c([2H])c32)c([2H])c1[2H]. The number of benzene rings is 7. The van der Waals surface area contributed by atoms with E-state index < -0.39 is 78.2 Å². The zero-order chi connectivity index (χ0) is 43.5. The van der Waals surface area contributed by atoms with Crippen molar-refractivity contribution in [3.8, 4) is 50.7 Å². The Morgan fingerprint density at radius 2 is 1.18 bits per heavy atom. The van der Waals surface area contributed by atoms with Gasteiger partial charge in [-0.25, -0.2) is 9.97 Å². The first-order chi connectivity index (χ1) is 29.8. The summed E-state index contributed by atoms with van der Waals surface area (Å²) in [6.45, 7) is 0. The molecule has 0 N–H and O–H groups in total. The van der Waals surface area contributed by atoms with Gasteiger partial charge in [0, 0.05) is 38.4 Å². The van der Waals surface area contributed by atoms with Gasteiger partial charge in [-0.15, -0.1) is 0 Å². The van der Waals surface area contributed by atoms with Crippen molar-refractivity contribution in [3.05, 3.63) is 176 Å². The molecule has 0 amide bonds. The first kappa shape index (κ1) is 18.7. The summed E-state index contributed by atoms with van der Waals surface area (Å²) in [4.78, 5) is 9.97. The summed E-state index contributed by atoms with van der Waals surface area (Å²) >= 11 is 0. The molecule has 0 atom stereocenters. The maximum absolute atomic E-state index is 9.88. The van der Waals surface area contributed by atoms with Crippen molar-refractivity contribution >= 4 is 43.7 Å². The predicted octanol–water partition coefficient (Wildman–Crippen LogP) is 12.1. The van der Waals surface area contributed by atoms with Gasteiger partial charge in [-0.3, -0.25) is 0 Å². The lowest BCUT2D eigenvalue weighted by Gasteiger charge is -2.12. The number of furan rings is 1. The standard InChI is InChI=1S/C46H29N3O/c1-3-12-30(13-4-1)31-22-24-32(25-23-31)40-29-41(48-46(47-40)39-19-11-18-38-37-17-8-10-21-44(37)50-45(38)39)33-26-27-36-35-16-7-9-20-42(35)49(43(36)28-33)34-14-5-2-6-15-34/h1-29H/i2D,5D,6D,7D,9D,14D,15D,16D,20D,26D,27D,28D. The molecule has 0 aliphatic carbocycles. The van der Waals surface area contributed by atoms with E-state index in [1.807, 2.05) is 91.0 Å². The maximum Gasteiger partial charge on any atom is 0.164 e. The van der Waals surface area contributed by atoms with Gasteiger partial charge in [0.15, 0.2) is 5.82 Å². The maximum atomic E-state index is 9.88. The van der Waals surface area contributed by atoms with E-state index in [1.165, 1.54) is 0 Å². The third kappa shape index (κ3) is 4.61. The molecule has 0 unspecified atom stereocenters. The van der Waals surface area contributed by atoms with Crippen LogP contribution in [0.2, 0.25) is 0 Å². The number of hydrogen-bond donors (Lipinski definition) is 0. The molecule has 0 aliphatic heterocycles. The minimum Gasteiger partial charge on any atom is -0.455 e. The Balaban J connectivity index is 1.32. The van der Waals surface area contributed by atoms with Crippen LogP contribution in [0.3, 0.4) is 0 Å².